The van der Waals surface area contributed by atoms with Crippen molar-refractivity contribution < 1.29 is 31.9 Å². The van der Waals surface area contributed by atoms with Gasteiger partial charge in [-0.25, -0.2) is 0 Å². The number of rotatable bonds is 9. The molecule has 0 rings (SSSR count). The monoisotopic (exact) mass is 269 g/mol. The molecule has 0 aliphatic heterocycles. The quantitative estimate of drug-likeness (QED) is 0.308. The second kappa shape index (κ2) is 13.4. The highest BCUT2D eigenvalue weighted by atomic mass is 79.9. The first kappa shape index (κ1) is 16.8. The van der Waals surface area contributed by atoms with Crippen molar-refractivity contribution in [2.24, 2.45) is 0 Å². The van der Waals surface area contributed by atoms with Crippen LogP contribution in [0.3, 0.4) is 0 Å². The summed E-state index contributed by atoms with van der Waals surface area (Å²) in [5, 5.41) is 0.867. The molecule has 14 heavy (non-hydrogen) atoms. The van der Waals surface area contributed by atoms with E-state index in [9.17, 15) is 0 Å². The fourth-order valence-electron chi connectivity index (χ4n) is 1.10. The Hall–Kier alpha value is 0.360. The molecule has 1 N–H and O–H groups in total. The van der Waals surface area contributed by atoms with Crippen LogP contribution in [0.1, 0.15) is 45.4 Å². The summed E-state index contributed by atoms with van der Waals surface area (Å²) in [5.74, 6) is 0. The van der Waals surface area contributed by atoms with E-state index >= 15 is 0 Å². The van der Waals surface area contributed by atoms with E-state index < -0.39 is 0 Å². The normalized spacial score (nSPS) is 10.3. The van der Waals surface area contributed by atoms with Crippen LogP contribution in [0.2, 0.25) is 0 Å². The molecule has 3 nitrogen and oxygen atoms in total. The third kappa shape index (κ3) is 14.9. The van der Waals surface area contributed by atoms with E-state index in [-0.39, 0.29) is 17.0 Å². The second-order valence-electron chi connectivity index (χ2n) is 3.58. The topological polar surface area (TPSA) is 22.9 Å². The molecule has 88 valence electrons. The first-order valence-corrected chi connectivity index (χ1v) is 5.37. The number of unbranched alkanes of at least 4 members (excludes halogenated alkanes) is 5. The van der Waals surface area contributed by atoms with Crippen LogP contribution < -0.4 is 22.0 Å². The maximum absolute atomic E-state index is 4.96. The summed E-state index contributed by atoms with van der Waals surface area (Å²) in [7, 11) is 3.78. The highest BCUT2D eigenvalue weighted by Gasteiger charge is 1.94. The minimum absolute atomic E-state index is 0. The minimum Gasteiger partial charge on any atom is -1.00 e. The Morgan fingerprint density at radius 1 is 0.929 bits per heavy atom. The Labute approximate surface area is 98.4 Å². The van der Waals surface area contributed by atoms with E-state index in [0.717, 1.165) is 18.1 Å². The third-order valence-corrected chi connectivity index (χ3v) is 1.81. The molecule has 0 bridgehead atoms. The molecule has 0 saturated carbocycles. The molecule has 0 heterocycles. The van der Waals surface area contributed by atoms with Crippen molar-refractivity contribution in [3.8, 4) is 0 Å². The summed E-state index contributed by atoms with van der Waals surface area (Å²) in [5.41, 5.74) is 0. The van der Waals surface area contributed by atoms with Gasteiger partial charge in [0.25, 0.3) is 0 Å². The van der Waals surface area contributed by atoms with Crippen LogP contribution in [0.15, 0.2) is 0 Å². The van der Waals surface area contributed by atoms with Crippen LogP contribution in [-0.4, -0.2) is 20.7 Å². The van der Waals surface area contributed by atoms with E-state index in [4.69, 9.17) is 9.88 Å². The molecule has 4 heteroatoms. The molecule has 0 aromatic rings. The van der Waals surface area contributed by atoms with E-state index in [0.29, 0.717) is 0 Å². The first-order valence-electron chi connectivity index (χ1n) is 5.37. The Morgan fingerprint density at radius 2 is 1.50 bits per heavy atom. The van der Waals surface area contributed by atoms with Gasteiger partial charge in [-0.3, -0.25) is 0 Å². The lowest BCUT2D eigenvalue weighted by atomic mass is 10.1. The van der Waals surface area contributed by atoms with Gasteiger partial charge in [0.2, 0.25) is 0 Å². The summed E-state index contributed by atoms with van der Waals surface area (Å²) in [6.45, 7) is 2.95. The van der Waals surface area contributed by atoms with Gasteiger partial charge in [-0.15, -0.1) is 0 Å². The predicted octanol–water partition coefficient (Wildman–Crippen LogP) is -1.64. The van der Waals surface area contributed by atoms with Crippen molar-refractivity contribution in [2.45, 2.75) is 45.4 Å². The fraction of sp³-hybridized carbons (Fsp3) is 1.00. The smallest absolute Gasteiger partial charge is 0.0994 e. The zero-order chi connectivity index (χ0) is 9.94. The summed E-state index contributed by atoms with van der Waals surface area (Å²) in [6.07, 6.45) is 7.72. The Morgan fingerprint density at radius 3 is 2.07 bits per heavy atom. The standard InChI is InChI=1S/C10H23NO2.BrH/c1-4-5-6-7-8-9-10-12-13-11(2)3;/h4-10H2,1-3H3;1H. The van der Waals surface area contributed by atoms with Crippen molar-refractivity contribution in [1.82, 2.24) is 0 Å². The van der Waals surface area contributed by atoms with Gasteiger partial charge in [0.1, 0.15) is 0 Å². The molecule has 0 aliphatic rings. The summed E-state index contributed by atoms with van der Waals surface area (Å²) >= 11 is 0. The Kier molecular flexibility index (Phi) is 16.0. The van der Waals surface area contributed by atoms with E-state index in [1.54, 1.807) is 0 Å². The molecule has 0 unspecified atom stereocenters. The van der Waals surface area contributed by atoms with E-state index in [2.05, 4.69) is 6.92 Å². The number of nitrogens with one attached hydrogen (secondary N) is 1. The van der Waals surface area contributed by atoms with E-state index in [1.165, 1.54) is 32.1 Å². The zero-order valence-corrected chi connectivity index (χ0v) is 11.2. The Bertz CT molecular complexity index is 102. The number of hydroxylamine groups is 2. The highest BCUT2D eigenvalue weighted by molar-refractivity contribution is 4.41. The van der Waals surface area contributed by atoms with Crippen molar-refractivity contribution >= 4 is 0 Å². The maximum atomic E-state index is 4.96. The number of halogens is 1. The number of quaternary nitrogens is 1. The molecule has 0 aliphatic carbocycles. The fourth-order valence-corrected chi connectivity index (χ4v) is 1.10. The Balaban J connectivity index is 0. The lowest BCUT2D eigenvalue weighted by molar-refractivity contribution is -1.11. The minimum atomic E-state index is 0. The van der Waals surface area contributed by atoms with Crippen LogP contribution in [0, 0.1) is 0 Å². The van der Waals surface area contributed by atoms with Crippen molar-refractivity contribution in [2.75, 3.05) is 20.7 Å². The van der Waals surface area contributed by atoms with Gasteiger partial charge in [-0.2, -0.15) is 9.95 Å². The summed E-state index contributed by atoms with van der Waals surface area (Å²) < 4.78 is 0. The second-order valence-corrected chi connectivity index (χ2v) is 3.58. The SMILES string of the molecule is CCCCCCCCOO[NH+](C)C.[Br-]. The molecule has 0 radical (unpaired) electrons. The van der Waals surface area contributed by atoms with Crippen molar-refractivity contribution in [3.05, 3.63) is 0 Å². The summed E-state index contributed by atoms with van der Waals surface area (Å²) in [4.78, 5) is 9.85. The largest absolute Gasteiger partial charge is 1.00 e. The van der Waals surface area contributed by atoms with Gasteiger partial charge >= 0.3 is 0 Å². The molecule has 0 aromatic heterocycles. The summed E-state index contributed by atoms with van der Waals surface area (Å²) in [6, 6.07) is 0. The molecule has 0 aromatic carbocycles. The average molecular weight is 270 g/mol. The maximum Gasteiger partial charge on any atom is 0.0994 e. The van der Waals surface area contributed by atoms with Crippen molar-refractivity contribution in [1.29, 1.82) is 0 Å². The molecular weight excluding hydrogens is 246 g/mol. The van der Waals surface area contributed by atoms with Crippen LogP contribution in [0.25, 0.3) is 0 Å². The lowest BCUT2D eigenvalue weighted by Crippen LogP contribution is -3.04. The van der Waals surface area contributed by atoms with Gasteiger partial charge in [0.15, 0.2) is 0 Å². The average Bonchev–Trinajstić information content (AvgIpc) is 2.09. The molecule has 0 amide bonds. The molecule has 0 atom stereocenters. The molecular formula is C10H24BrNO2. The van der Waals surface area contributed by atoms with Crippen LogP contribution in [-0.2, 0) is 9.88 Å². The van der Waals surface area contributed by atoms with Gasteiger partial charge < -0.3 is 17.0 Å². The van der Waals surface area contributed by atoms with Crippen LogP contribution in [0.4, 0.5) is 0 Å². The zero-order valence-electron chi connectivity index (χ0n) is 9.64. The predicted molar refractivity (Wildman–Crippen MR) is 53.2 cm³/mol. The number of hydrogen-bond acceptors (Lipinski definition) is 2. The molecule has 0 fully saturated rings. The van der Waals surface area contributed by atoms with Gasteiger partial charge in [-0.05, 0) is 11.4 Å². The first-order chi connectivity index (χ1) is 6.27. The van der Waals surface area contributed by atoms with Crippen LogP contribution in [0.5, 0.6) is 0 Å². The lowest BCUT2D eigenvalue weighted by Gasteiger charge is -2.04. The van der Waals surface area contributed by atoms with Gasteiger partial charge in [0, 0.05) is 0 Å². The third-order valence-electron chi connectivity index (χ3n) is 1.81. The highest BCUT2D eigenvalue weighted by Crippen LogP contribution is 2.04. The van der Waals surface area contributed by atoms with Gasteiger partial charge in [0.05, 0.1) is 20.7 Å². The van der Waals surface area contributed by atoms with E-state index in [1.807, 2.05) is 14.1 Å². The molecule has 0 saturated heterocycles. The van der Waals surface area contributed by atoms with Crippen LogP contribution >= 0.6 is 0 Å². The number of hydrogen-bond donors (Lipinski definition) is 1. The van der Waals surface area contributed by atoms with Crippen molar-refractivity contribution in [3.63, 3.8) is 0 Å². The molecule has 0 spiro atoms. The van der Waals surface area contributed by atoms with Gasteiger partial charge in [-0.1, -0.05) is 39.0 Å².